The van der Waals surface area contributed by atoms with Crippen molar-refractivity contribution in [2.75, 3.05) is 19.7 Å². The van der Waals surface area contributed by atoms with Crippen molar-refractivity contribution in [1.29, 1.82) is 0 Å². The molecule has 2 aliphatic carbocycles. The molecule has 21 heavy (non-hydrogen) atoms. The average molecular weight is 295 g/mol. The molecule has 3 nitrogen and oxygen atoms in total. The molecule has 1 aliphatic heterocycles. The van der Waals surface area contributed by atoms with Gasteiger partial charge in [-0.1, -0.05) is 20.8 Å². The molecule has 1 heterocycles. The maximum atomic E-state index is 6.45. The van der Waals surface area contributed by atoms with E-state index in [1.54, 1.807) is 0 Å². The lowest BCUT2D eigenvalue weighted by molar-refractivity contribution is -0.0795. The maximum Gasteiger partial charge on any atom is 0.0700 e. The molecule has 0 aromatic carbocycles. The van der Waals surface area contributed by atoms with Gasteiger partial charge in [0, 0.05) is 19.7 Å². The van der Waals surface area contributed by atoms with E-state index in [1.807, 2.05) is 0 Å². The maximum absolute atomic E-state index is 6.45. The Kier molecular flexibility index (Phi) is 4.37. The second-order valence-corrected chi connectivity index (χ2v) is 8.34. The molecule has 3 rings (SSSR count). The number of hydrogen-bond donors (Lipinski definition) is 1. The summed E-state index contributed by atoms with van der Waals surface area (Å²) in [7, 11) is 0. The molecule has 3 fully saturated rings. The van der Waals surface area contributed by atoms with Crippen LogP contribution in [0, 0.1) is 16.7 Å². The standard InChI is InChI=1S/C18H33NO2/c1-13(11-19-12-15-6-5-9-20-15)21-16-10-14-7-8-18(16,4)17(14,2)3/h13-16,19H,5-12H2,1-4H3. The van der Waals surface area contributed by atoms with Crippen LogP contribution >= 0.6 is 0 Å². The van der Waals surface area contributed by atoms with Gasteiger partial charge in [-0.25, -0.2) is 0 Å². The van der Waals surface area contributed by atoms with Crippen molar-refractivity contribution in [3.05, 3.63) is 0 Å². The first-order valence-corrected chi connectivity index (χ1v) is 8.91. The lowest BCUT2D eigenvalue weighted by Crippen LogP contribution is -2.41. The molecule has 0 aromatic heterocycles. The van der Waals surface area contributed by atoms with Crippen LogP contribution in [0.25, 0.3) is 0 Å². The van der Waals surface area contributed by atoms with E-state index < -0.39 is 0 Å². The Morgan fingerprint density at radius 1 is 1.29 bits per heavy atom. The highest BCUT2D eigenvalue weighted by molar-refractivity contribution is 5.11. The van der Waals surface area contributed by atoms with Gasteiger partial charge in [0.05, 0.1) is 18.3 Å². The van der Waals surface area contributed by atoms with Crippen molar-refractivity contribution in [1.82, 2.24) is 5.32 Å². The topological polar surface area (TPSA) is 30.5 Å². The number of ether oxygens (including phenoxy) is 2. The second-order valence-electron chi connectivity index (χ2n) is 8.34. The van der Waals surface area contributed by atoms with Gasteiger partial charge in [0.15, 0.2) is 0 Å². The number of hydrogen-bond acceptors (Lipinski definition) is 3. The summed E-state index contributed by atoms with van der Waals surface area (Å²) in [5.74, 6) is 0.861. The van der Waals surface area contributed by atoms with Crippen LogP contribution < -0.4 is 5.32 Å². The van der Waals surface area contributed by atoms with Gasteiger partial charge < -0.3 is 14.8 Å². The number of fused-ring (bicyclic) bond motifs is 2. The molecule has 5 atom stereocenters. The summed E-state index contributed by atoms with van der Waals surface area (Å²) in [5.41, 5.74) is 0.822. The van der Waals surface area contributed by atoms with Crippen molar-refractivity contribution in [2.24, 2.45) is 16.7 Å². The summed E-state index contributed by atoms with van der Waals surface area (Å²) >= 11 is 0. The Labute approximate surface area is 130 Å². The molecule has 0 amide bonds. The van der Waals surface area contributed by atoms with E-state index in [9.17, 15) is 0 Å². The van der Waals surface area contributed by atoms with E-state index in [4.69, 9.17) is 9.47 Å². The van der Waals surface area contributed by atoms with Crippen LogP contribution in [0.2, 0.25) is 0 Å². The fraction of sp³-hybridized carbons (Fsp3) is 1.00. The lowest BCUT2D eigenvalue weighted by atomic mass is 9.70. The van der Waals surface area contributed by atoms with Crippen LogP contribution in [0.3, 0.4) is 0 Å². The van der Waals surface area contributed by atoms with E-state index in [0.29, 0.717) is 29.1 Å². The van der Waals surface area contributed by atoms with Gasteiger partial charge in [-0.05, 0) is 55.8 Å². The molecule has 122 valence electrons. The van der Waals surface area contributed by atoms with E-state index in [2.05, 4.69) is 33.0 Å². The Balaban J connectivity index is 1.44. The second kappa shape index (κ2) is 5.82. The third-order valence-electron chi connectivity index (χ3n) is 6.94. The minimum Gasteiger partial charge on any atom is -0.377 e. The highest BCUT2D eigenvalue weighted by atomic mass is 16.5. The minimum absolute atomic E-state index is 0.295. The van der Waals surface area contributed by atoms with Crippen molar-refractivity contribution in [3.63, 3.8) is 0 Å². The first-order chi connectivity index (χ1) is 9.93. The molecule has 0 aromatic rings. The quantitative estimate of drug-likeness (QED) is 0.815. The van der Waals surface area contributed by atoms with Gasteiger partial charge in [-0.15, -0.1) is 0 Å². The SMILES string of the molecule is CC(CNCC1CCCO1)OC1CC2CCC1(C)C2(C)C. The fourth-order valence-corrected chi connectivity index (χ4v) is 4.92. The molecular formula is C18H33NO2. The summed E-state index contributed by atoms with van der Waals surface area (Å²) in [6.07, 6.45) is 7.60. The average Bonchev–Trinajstić information content (AvgIpc) is 3.05. The Bertz CT molecular complexity index is 364. The van der Waals surface area contributed by atoms with Crippen molar-refractivity contribution in [3.8, 4) is 0 Å². The third-order valence-corrected chi connectivity index (χ3v) is 6.94. The zero-order chi connectivity index (χ0) is 15.1. The van der Waals surface area contributed by atoms with Crippen molar-refractivity contribution >= 4 is 0 Å². The first-order valence-electron chi connectivity index (χ1n) is 8.91. The van der Waals surface area contributed by atoms with E-state index in [1.165, 1.54) is 32.1 Å². The Hall–Kier alpha value is -0.120. The zero-order valence-corrected chi connectivity index (χ0v) is 14.3. The van der Waals surface area contributed by atoms with Gasteiger partial charge >= 0.3 is 0 Å². The Morgan fingerprint density at radius 2 is 2.10 bits per heavy atom. The van der Waals surface area contributed by atoms with Crippen molar-refractivity contribution < 1.29 is 9.47 Å². The highest BCUT2D eigenvalue weighted by Crippen LogP contribution is 2.66. The monoisotopic (exact) mass is 295 g/mol. The number of nitrogens with one attached hydrogen (secondary N) is 1. The first kappa shape index (κ1) is 15.8. The van der Waals surface area contributed by atoms with Crippen LogP contribution in [0.1, 0.15) is 59.8 Å². The molecule has 2 bridgehead atoms. The molecule has 0 spiro atoms. The molecule has 5 unspecified atom stereocenters. The predicted octanol–water partition coefficient (Wildman–Crippen LogP) is 3.37. The van der Waals surface area contributed by atoms with Crippen LogP contribution in [-0.4, -0.2) is 38.0 Å². The summed E-state index contributed by atoms with van der Waals surface area (Å²) in [4.78, 5) is 0. The van der Waals surface area contributed by atoms with Gasteiger partial charge in [-0.2, -0.15) is 0 Å². The van der Waals surface area contributed by atoms with Gasteiger partial charge in [0.1, 0.15) is 0 Å². The zero-order valence-electron chi connectivity index (χ0n) is 14.3. The molecule has 3 heteroatoms. The van der Waals surface area contributed by atoms with E-state index >= 15 is 0 Å². The largest absolute Gasteiger partial charge is 0.377 e. The fourth-order valence-electron chi connectivity index (χ4n) is 4.92. The van der Waals surface area contributed by atoms with Gasteiger partial charge in [0.2, 0.25) is 0 Å². The van der Waals surface area contributed by atoms with Crippen molar-refractivity contribution in [2.45, 2.75) is 78.1 Å². The summed E-state index contributed by atoms with van der Waals surface area (Å²) < 4.78 is 12.1. The van der Waals surface area contributed by atoms with Crippen LogP contribution in [-0.2, 0) is 9.47 Å². The van der Waals surface area contributed by atoms with Gasteiger partial charge in [-0.3, -0.25) is 0 Å². The van der Waals surface area contributed by atoms with E-state index in [0.717, 1.165) is 25.6 Å². The van der Waals surface area contributed by atoms with Crippen LogP contribution in [0.15, 0.2) is 0 Å². The van der Waals surface area contributed by atoms with E-state index in [-0.39, 0.29) is 0 Å². The lowest BCUT2D eigenvalue weighted by Gasteiger charge is -2.40. The molecule has 2 saturated carbocycles. The van der Waals surface area contributed by atoms with Crippen LogP contribution in [0.5, 0.6) is 0 Å². The summed E-state index contributed by atoms with van der Waals surface area (Å²) in [6.45, 7) is 12.4. The minimum atomic E-state index is 0.295. The van der Waals surface area contributed by atoms with Gasteiger partial charge in [0.25, 0.3) is 0 Å². The predicted molar refractivity (Wildman–Crippen MR) is 85.4 cm³/mol. The molecule has 0 radical (unpaired) electrons. The Morgan fingerprint density at radius 3 is 2.67 bits per heavy atom. The normalized spacial score (nSPS) is 42.6. The highest BCUT2D eigenvalue weighted by Gasteiger charge is 2.62. The summed E-state index contributed by atoms with van der Waals surface area (Å²) in [5, 5.41) is 3.53. The molecule has 3 aliphatic rings. The smallest absolute Gasteiger partial charge is 0.0700 e. The third kappa shape index (κ3) is 2.77. The van der Waals surface area contributed by atoms with Crippen LogP contribution in [0.4, 0.5) is 0 Å². The molecule has 1 N–H and O–H groups in total. The summed E-state index contributed by atoms with van der Waals surface area (Å²) in [6, 6.07) is 0. The molecular weight excluding hydrogens is 262 g/mol. The number of rotatable bonds is 6. The molecule has 1 saturated heterocycles.